The van der Waals surface area contributed by atoms with Crippen LogP contribution >= 0.6 is 12.4 Å². The Labute approximate surface area is 523 Å². The van der Waals surface area contributed by atoms with E-state index in [4.69, 9.17) is 34.6 Å². The lowest BCUT2D eigenvalue weighted by Gasteiger charge is -2.24. The number of aromatic nitrogens is 3. The monoisotopic (exact) mass is 1270 g/mol. The summed E-state index contributed by atoms with van der Waals surface area (Å²) in [6.45, 7) is 14.4. The number of nitrogens with two attached hydrogens (primary N) is 3. The molecule has 0 saturated carbocycles. The predicted octanol–water partition coefficient (Wildman–Crippen LogP) is 4.00. The molecule has 2 aromatic heterocycles. The number of esters is 2. The molecular weight excluding hydrogens is 1200 g/mol. The van der Waals surface area contributed by atoms with Crippen LogP contribution in [0.1, 0.15) is 147 Å². The highest BCUT2D eigenvalue weighted by molar-refractivity contribution is 6.22. The standard InChI is InChI=1S/C15H15N3O3.C10H9NO2.C9H9NO3.C9H7NO2.C8H9NO2.C5H8N2O2.C4H6O3.CH4.ClH.2H2O/c1-8-4-3-5-10-13(8)15(21)18(9(2)16-10)11-6-7-12(19)17-14(11)20;1-6-4-3-5-8-9(6)10(12)13-7(2)11-8;1-5-3-2-4-6(8(10)11)7(5)9(12)13;1-5-3-2-4-6-7(5)9(12)10-8(6)11;1-5-3-2-4-6(9)7(5)8(10)11;6-3-1-2-4(8)7-5(3)9;1-3(5)7-4(2)6;;;;/h3-5,11H,6-7H2,1-2H3,(H,17,19,20);3-5H,1-2H3;2-4H,1H3,(H2,10,11)(H,12,13);2-4H,1H3,(H,10,11,12);2-4H,9H2,1H3,(H,10,11);3H,1-2,6H2,(H,7,8,9);1-2H3;1H4;1H;2*1H2/t11-;;;;;3-;;;;;/m0....0...../s1/i11D;;;;;3D;;;;;. The number of primary amides is 1. The van der Waals surface area contributed by atoms with Crippen LogP contribution < -0.4 is 44.3 Å². The molecule has 28 nitrogen and oxygen atoms in total. The second kappa shape index (κ2) is 35.8. The lowest BCUT2D eigenvalue weighted by Crippen LogP contribution is -2.48. The number of rotatable bonds is 4. The molecule has 7 aromatic rings. The van der Waals surface area contributed by atoms with Crippen LogP contribution in [0.4, 0.5) is 5.69 Å². The van der Waals surface area contributed by atoms with E-state index in [9.17, 15) is 62.3 Å². The van der Waals surface area contributed by atoms with Crippen LogP contribution in [0.3, 0.4) is 0 Å². The van der Waals surface area contributed by atoms with Crippen molar-refractivity contribution in [1.29, 1.82) is 0 Å². The van der Waals surface area contributed by atoms with Crippen LogP contribution in [0, 0.1) is 48.5 Å². The van der Waals surface area contributed by atoms with Gasteiger partial charge in [-0.1, -0.05) is 68.1 Å². The number of piperidine rings is 2. The summed E-state index contributed by atoms with van der Waals surface area (Å²) in [5.41, 5.74) is 21.4. The normalized spacial score (nSPS) is 15.8. The Kier molecular flexibility index (Phi) is 30.0. The van der Waals surface area contributed by atoms with E-state index in [0.29, 0.717) is 55.6 Å². The Morgan fingerprint density at radius 3 is 1.54 bits per heavy atom. The van der Waals surface area contributed by atoms with Gasteiger partial charge < -0.3 is 47.5 Å². The van der Waals surface area contributed by atoms with Gasteiger partial charge in [-0.25, -0.2) is 24.4 Å². The first-order chi connectivity index (χ1) is 41.0. The Balaban J connectivity index is 0.00000107. The number of carbonyl (C=O) groups is 11. The van der Waals surface area contributed by atoms with Crippen LogP contribution in [0.5, 0.6) is 0 Å². The Morgan fingerprint density at radius 2 is 1.09 bits per heavy atom. The molecule has 7 amide bonds. The molecule has 0 spiro atoms. The smallest absolute Gasteiger partial charge is 0.347 e. The third-order valence-electron chi connectivity index (χ3n) is 12.3. The fourth-order valence-corrected chi connectivity index (χ4v) is 8.40. The summed E-state index contributed by atoms with van der Waals surface area (Å²) in [5, 5.41) is 24.8. The number of carboxylic acids is 2. The molecule has 10 rings (SSSR count). The summed E-state index contributed by atoms with van der Waals surface area (Å²) in [6, 6.07) is 22.3. The van der Waals surface area contributed by atoms with Crippen molar-refractivity contribution >= 4 is 105 Å². The Hall–Kier alpha value is -10.7. The molecular formula is C61H72ClN9O19. The molecule has 482 valence electrons. The molecule has 2 atom stereocenters. The number of anilines is 1. The summed E-state index contributed by atoms with van der Waals surface area (Å²) in [4.78, 5) is 151. The first kappa shape index (κ1) is 75.4. The van der Waals surface area contributed by atoms with Gasteiger partial charge in [0.05, 0.1) is 58.4 Å². The third-order valence-corrected chi connectivity index (χ3v) is 12.3. The molecule has 29 heteroatoms. The van der Waals surface area contributed by atoms with Gasteiger partial charge in [0.25, 0.3) is 17.4 Å². The minimum Gasteiger partial charge on any atom is -0.478 e. The number of hydrogen-bond donors (Lipinski definition) is 8. The maximum Gasteiger partial charge on any atom is 0.347 e. The van der Waals surface area contributed by atoms with Crippen molar-refractivity contribution in [2.45, 2.75) is 107 Å². The number of carboxylic acid groups (broad SMARTS) is 2. The summed E-state index contributed by atoms with van der Waals surface area (Å²) in [7, 11) is 0. The lowest BCUT2D eigenvalue weighted by molar-refractivity contribution is -0.156. The fourth-order valence-electron chi connectivity index (χ4n) is 8.40. The number of ether oxygens (including phenoxy) is 1. The highest BCUT2D eigenvalue weighted by Crippen LogP contribution is 2.22. The minimum absolute atomic E-state index is 0. The molecule has 2 saturated heterocycles. The van der Waals surface area contributed by atoms with Crippen molar-refractivity contribution in [3.63, 3.8) is 0 Å². The second-order valence-electron chi connectivity index (χ2n) is 18.9. The van der Waals surface area contributed by atoms with Gasteiger partial charge in [0.1, 0.15) is 11.8 Å². The number of nitrogen functional groups attached to an aromatic ring is 1. The van der Waals surface area contributed by atoms with Crippen molar-refractivity contribution in [3.05, 3.63) is 179 Å². The second-order valence-corrected chi connectivity index (χ2v) is 18.9. The number of aromatic carboxylic acids is 2. The van der Waals surface area contributed by atoms with Crippen molar-refractivity contribution < 1.29 is 85.8 Å². The van der Waals surface area contributed by atoms with Gasteiger partial charge in [0, 0.05) is 39.3 Å². The Morgan fingerprint density at radius 1 is 0.622 bits per heavy atom. The number of nitrogens with zero attached hydrogens (tertiary/aromatic N) is 3. The number of nitrogens with one attached hydrogen (secondary N) is 3. The molecule has 0 radical (unpaired) electrons. The number of amides is 7. The quantitative estimate of drug-likeness (QED) is 0.0534. The summed E-state index contributed by atoms with van der Waals surface area (Å²) >= 11 is 0. The van der Waals surface area contributed by atoms with E-state index in [1.807, 2.05) is 43.4 Å². The van der Waals surface area contributed by atoms with E-state index >= 15 is 0 Å². The maximum atomic E-state index is 12.8. The lowest BCUT2D eigenvalue weighted by atomic mass is 10.0. The van der Waals surface area contributed by atoms with E-state index in [1.165, 1.54) is 19.9 Å². The number of carbonyl (C=O) groups excluding carboxylic acids is 9. The topological polar surface area (TPSA) is 493 Å². The first-order valence-electron chi connectivity index (χ1n) is 26.7. The van der Waals surface area contributed by atoms with Gasteiger partial charge in [-0.2, -0.15) is 0 Å². The van der Waals surface area contributed by atoms with Gasteiger partial charge in [0.15, 0.2) is 5.89 Å². The van der Waals surface area contributed by atoms with E-state index in [0.717, 1.165) is 21.3 Å². The number of aryl methyl sites for hydroxylation is 7. The Bertz CT molecular complexity index is 4080. The van der Waals surface area contributed by atoms with Crippen LogP contribution in [0.2, 0.25) is 0 Å². The van der Waals surface area contributed by atoms with Gasteiger partial charge in [-0.05, 0) is 113 Å². The maximum absolute atomic E-state index is 12.8. The number of benzene rings is 5. The minimum atomic E-state index is -1.85. The molecule has 0 aliphatic carbocycles. The van der Waals surface area contributed by atoms with E-state index < -0.39 is 65.1 Å². The number of hydrogen-bond acceptors (Lipinski definition) is 19. The number of fused-ring (bicyclic) bond motifs is 3. The molecule has 15 N–H and O–H groups in total. The molecule has 90 heavy (non-hydrogen) atoms. The molecule has 0 bridgehead atoms. The highest BCUT2D eigenvalue weighted by Gasteiger charge is 2.31. The first-order valence-corrected chi connectivity index (χ1v) is 25.7. The van der Waals surface area contributed by atoms with E-state index in [2.05, 4.69) is 25.3 Å². The number of halogens is 1. The summed E-state index contributed by atoms with van der Waals surface area (Å²) < 4.78 is 25.5. The van der Waals surface area contributed by atoms with E-state index in [-0.39, 0.29) is 102 Å². The third kappa shape index (κ3) is 21.3. The van der Waals surface area contributed by atoms with Crippen LogP contribution in [0.15, 0.2) is 105 Å². The zero-order valence-corrected chi connectivity index (χ0v) is 50.3. The summed E-state index contributed by atoms with van der Waals surface area (Å²) in [5.74, 6) is -6.11. The SMILES string of the molecule is C.CC(=O)OC(C)=O.Cc1cccc(C(N)=O)c1C(=O)O.Cc1cccc(N)c1C(=O)O.Cc1cccc2c1C(=O)NC2=O.Cc1nc2cccc(C)c2c(=O)o1.Cl.O.O.[2H][C@]1(N)CCC(=O)NC1=O.[2H][C@]1(n2c(C)nc3cccc(C)c3c2=O)CCC(=O)NC1=O. The highest BCUT2D eigenvalue weighted by atomic mass is 35.5. The average molecular weight is 1270 g/mol. The fraction of sp³-hybridized carbons (Fsp3) is 0.262. The molecule has 3 aliphatic rings. The molecule has 5 aromatic carbocycles. The van der Waals surface area contributed by atoms with Crippen molar-refractivity contribution in [3.8, 4) is 0 Å². The average Bonchev–Trinajstić information content (AvgIpc) is 0.903. The molecule has 5 heterocycles. The van der Waals surface area contributed by atoms with Crippen molar-refractivity contribution in [2.24, 2.45) is 11.5 Å². The molecule has 3 aliphatic heterocycles. The van der Waals surface area contributed by atoms with Gasteiger partial charge in [0.2, 0.25) is 29.5 Å². The van der Waals surface area contributed by atoms with Gasteiger partial charge in [-0.3, -0.25) is 68.5 Å². The molecule has 0 unspecified atom stereocenters. The van der Waals surface area contributed by atoms with Gasteiger partial charge >= 0.3 is 29.5 Å². The van der Waals surface area contributed by atoms with E-state index in [1.54, 1.807) is 95.3 Å². The van der Waals surface area contributed by atoms with Crippen molar-refractivity contribution in [2.75, 3.05) is 5.73 Å². The largest absolute Gasteiger partial charge is 0.478 e. The van der Waals surface area contributed by atoms with Crippen LogP contribution in [0.25, 0.3) is 21.8 Å². The van der Waals surface area contributed by atoms with Crippen LogP contribution in [-0.4, -0.2) is 107 Å². The molecule has 2 fully saturated rings. The van der Waals surface area contributed by atoms with Gasteiger partial charge in [-0.15, -0.1) is 12.4 Å². The predicted molar refractivity (Wildman–Crippen MR) is 333 cm³/mol. The zero-order chi connectivity index (χ0) is 66.3. The van der Waals surface area contributed by atoms with Crippen molar-refractivity contribution in [1.82, 2.24) is 30.5 Å². The summed E-state index contributed by atoms with van der Waals surface area (Å²) in [6.07, 6.45) is 0.244. The number of imide groups is 3. The zero-order valence-electron chi connectivity index (χ0n) is 51.5. The van der Waals surface area contributed by atoms with Crippen LogP contribution in [-0.2, 0) is 33.5 Å².